The van der Waals surface area contributed by atoms with Crippen molar-refractivity contribution >= 4 is 17.2 Å². The number of carbonyl (C=O) groups is 1. The summed E-state index contributed by atoms with van der Waals surface area (Å²) in [5, 5.41) is 3.99. The van der Waals surface area contributed by atoms with E-state index in [0.717, 1.165) is 21.3 Å². The van der Waals surface area contributed by atoms with Gasteiger partial charge in [0.1, 0.15) is 4.88 Å². The Morgan fingerprint density at radius 2 is 2.10 bits per heavy atom. The summed E-state index contributed by atoms with van der Waals surface area (Å²) in [5.74, 6) is 0.321. The fourth-order valence-electron chi connectivity index (χ4n) is 1.97. The molecule has 0 aliphatic carbocycles. The molecule has 1 N–H and O–H groups in total. The number of thiazole rings is 1. The lowest BCUT2D eigenvalue weighted by molar-refractivity contribution is 0.0953. The summed E-state index contributed by atoms with van der Waals surface area (Å²) in [5.41, 5.74) is 3.10. The average molecular weight is 291 g/mol. The van der Waals surface area contributed by atoms with Gasteiger partial charge in [0, 0.05) is 24.4 Å². The molecule has 0 saturated heterocycles. The summed E-state index contributed by atoms with van der Waals surface area (Å²) in [4.78, 5) is 17.4. The molecule has 0 fully saturated rings. The molecular weight excluding hydrogens is 270 g/mol. The number of amides is 1. The number of aromatic nitrogens is 2. The molecule has 0 radical (unpaired) electrons. The van der Waals surface area contributed by atoms with Crippen LogP contribution in [0.4, 0.5) is 0 Å². The van der Waals surface area contributed by atoms with Gasteiger partial charge in [-0.05, 0) is 26.0 Å². The quantitative estimate of drug-likeness (QED) is 0.940. The Balaban J connectivity index is 2.07. The minimum Gasteiger partial charge on any atom is -0.350 e. The normalized spacial score (nSPS) is 11.1. The van der Waals surface area contributed by atoms with Crippen molar-refractivity contribution in [3.63, 3.8) is 0 Å². The fourth-order valence-corrected chi connectivity index (χ4v) is 2.96. The number of rotatable bonds is 4. The third-order valence-corrected chi connectivity index (χ3v) is 4.88. The van der Waals surface area contributed by atoms with Crippen LogP contribution < -0.4 is 5.32 Å². The van der Waals surface area contributed by atoms with Gasteiger partial charge in [0.15, 0.2) is 0 Å². The van der Waals surface area contributed by atoms with Gasteiger partial charge in [0.25, 0.3) is 5.91 Å². The molecule has 2 rings (SSSR count). The Labute approximate surface area is 123 Å². The number of carbonyl (C=O) groups excluding carboxylic acids is 1. The number of nitrogens with one attached hydrogen (secondary N) is 1. The molecule has 0 unspecified atom stereocenters. The summed E-state index contributed by atoms with van der Waals surface area (Å²) in [6.07, 6.45) is 0. The molecule has 2 heterocycles. The van der Waals surface area contributed by atoms with Crippen LogP contribution in [0.15, 0.2) is 12.1 Å². The minimum absolute atomic E-state index is 0.0363. The molecule has 20 heavy (non-hydrogen) atoms. The summed E-state index contributed by atoms with van der Waals surface area (Å²) < 4.78 is 2.08. The van der Waals surface area contributed by atoms with Crippen molar-refractivity contribution in [2.75, 3.05) is 0 Å². The summed E-state index contributed by atoms with van der Waals surface area (Å²) in [6, 6.07) is 4.09. The third kappa shape index (κ3) is 2.93. The molecule has 0 aliphatic rings. The Bertz CT molecular complexity index is 625. The third-order valence-electron chi connectivity index (χ3n) is 3.42. The highest BCUT2D eigenvalue weighted by molar-refractivity contribution is 7.13. The topological polar surface area (TPSA) is 46.9 Å². The smallest absolute Gasteiger partial charge is 0.263 e. The monoisotopic (exact) mass is 291 g/mol. The van der Waals surface area contributed by atoms with Crippen LogP contribution in [0, 0.1) is 13.8 Å². The maximum atomic E-state index is 12.2. The van der Waals surface area contributed by atoms with Crippen LogP contribution in [0.2, 0.25) is 0 Å². The standard InChI is InChI=1S/C15H21N3OS/c1-9(2)15-17-11(4)13(20-15)14(19)16-8-12-7-6-10(3)18(12)5/h6-7,9H,8H2,1-5H3,(H,16,19). The molecule has 4 nitrogen and oxygen atoms in total. The zero-order chi connectivity index (χ0) is 14.9. The van der Waals surface area contributed by atoms with Crippen LogP contribution in [-0.4, -0.2) is 15.5 Å². The van der Waals surface area contributed by atoms with Gasteiger partial charge < -0.3 is 9.88 Å². The van der Waals surface area contributed by atoms with Crippen molar-refractivity contribution in [1.29, 1.82) is 0 Å². The second-order valence-corrected chi connectivity index (χ2v) is 6.36. The molecule has 2 aromatic rings. The van der Waals surface area contributed by atoms with Crippen molar-refractivity contribution in [2.45, 2.75) is 40.2 Å². The lowest BCUT2D eigenvalue weighted by Gasteiger charge is -2.06. The molecule has 0 bridgehead atoms. The van der Waals surface area contributed by atoms with Crippen LogP contribution in [-0.2, 0) is 13.6 Å². The van der Waals surface area contributed by atoms with Gasteiger partial charge in [-0.15, -0.1) is 11.3 Å². The van der Waals surface area contributed by atoms with Gasteiger partial charge in [-0.3, -0.25) is 4.79 Å². The largest absolute Gasteiger partial charge is 0.350 e. The first kappa shape index (κ1) is 14.8. The first-order valence-corrected chi connectivity index (χ1v) is 7.58. The highest BCUT2D eigenvalue weighted by atomic mass is 32.1. The maximum absolute atomic E-state index is 12.2. The van der Waals surface area contributed by atoms with Crippen molar-refractivity contribution in [3.8, 4) is 0 Å². The van der Waals surface area contributed by atoms with E-state index in [1.54, 1.807) is 0 Å². The summed E-state index contributed by atoms with van der Waals surface area (Å²) in [6.45, 7) is 8.66. The SMILES string of the molecule is Cc1nc(C(C)C)sc1C(=O)NCc1ccc(C)n1C. The second kappa shape index (κ2) is 5.79. The molecule has 0 atom stereocenters. The Morgan fingerprint density at radius 3 is 2.60 bits per heavy atom. The molecule has 0 spiro atoms. The van der Waals surface area contributed by atoms with E-state index in [4.69, 9.17) is 0 Å². The molecule has 1 amide bonds. The van der Waals surface area contributed by atoms with Gasteiger partial charge in [0.05, 0.1) is 17.2 Å². The lowest BCUT2D eigenvalue weighted by atomic mass is 10.2. The van der Waals surface area contributed by atoms with E-state index in [2.05, 4.69) is 34.8 Å². The van der Waals surface area contributed by atoms with E-state index in [-0.39, 0.29) is 5.91 Å². The molecule has 108 valence electrons. The van der Waals surface area contributed by atoms with Crippen molar-refractivity contribution < 1.29 is 4.79 Å². The average Bonchev–Trinajstić information content (AvgIpc) is 2.93. The van der Waals surface area contributed by atoms with Gasteiger partial charge in [-0.25, -0.2) is 4.98 Å². The summed E-state index contributed by atoms with van der Waals surface area (Å²) >= 11 is 1.49. The number of hydrogen-bond donors (Lipinski definition) is 1. The van der Waals surface area contributed by atoms with Crippen molar-refractivity contribution in [1.82, 2.24) is 14.9 Å². The minimum atomic E-state index is -0.0363. The predicted molar refractivity (Wildman–Crippen MR) is 82.3 cm³/mol. The fraction of sp³-hybridized carbons (Fsp3) is 0.467. The van der Waals surface area contributed by atoms with E-state index in [9.17, 15) is 4.79 Å². The van der Waals surface area contributed by atoms with E-state index in [1.807, 2.05) is 27.0 Å². The van der Waals surface area contributed by atoms with Gasteiger partial charge in [-0.1, -0.05) is 13.8 Å². The van der Waals surface area contributed by atoms with E-state index < -0.39 is 0 Å². The van der Waals surface area contributed by atoms with Crippen LogP contribution in [0.5, 0.6) is 0 Å². The molecule has 0 aliphatic heterocycles. The Hall–Kier alpha value is -1.62. The highest BCUT2D eigenvalue weighted by Gasteiger charge is 2.16. The second-order valence-electron chi connectivity index (χ2n) is 5.33. The first-order valence-electron chi connectivity index (χ1n) is 6.77. The van der Waals surface area contributed by atoms with Crippen molar-refractivity contribution in [2.24, 2.45) is 7.05 Å². The zero-order valence-electron chi connectivity index (χ0n) is 12.7. The Kier molecular flexibility index (Phi) is 4.28. The van der Waals surface area contributed by atoms with E-state index in [0.29, 0.717) is 12.5 Å². The van der Waals surface area contributed by atoms with Crippen LogP contribution in [0.1, 0.15) is 51.5 Å². The van der Waals surface area contributed by atoms with E-state index >= 15 is 0 Å². The van der Waals surface area contributed by atoms with Crippen LogP contribution in [0.25, 0.3) is 0 Å². The van der Waals surface area contributed by atoms with Crippen LogP contribution >= 0.6 is 11.3 Å². The molecule has 2 aromatic heterocycles. The maximum Gasteiger partial charge on any atom is 0.263 e. The van der Waals surface area contributed by atoms with Gasteiger partial charge >= 0.3 is 0 Å². The predicted octanol–water partition coefficient (Wildman–Crippen LogP) is 3.15. The number of hydrogen-bond acceptors (Lipinski definition) is 3. The number of nitrogens with zero attached hydrogens (tertiary/aromatic N) is 2. The van der Waals surface area contributed by atoms with Crippen molar-refractivity contribution in [3.05, 3.63) is 39.1 Å². The first-order chi connectivity index (χ1) is 9.40. The van der Waals surface area contributed by atoms with Gasteiger partial charge in [0.2, 0.25) is 0 Å². The molecule has 5 heteroatoms. The lowest BCUT2D eigenvalue weighted by Crippen LogP contribution is -2.23. The summed E-state index contributed by atoms with van der Waals surface area (Å²) in [7, 11) is 2.01. The number of aryl methyl sites for hydroxylation is 2. The van der Waals surface area contributed by atoms with E-state index in [1.165, 1.54) is 17.0 Å². The molecule has 0 saturated carbocycles. The highest BCUT2D eigenvalue weighted by Crippen LogP contribution is 2.24. The Morgan fingerprint density at radius 1 is 1.40 bits per heavy atom. The van der Waals surface area contributed by atoms with Gasteiger partial charge in [-0.2, -0.15) is 0 Å². The van der Waals surface area contributed by atoms with Crippen LogP contribution in [0.3, 0.4) is 0 Å². The zero-order valence-corrected chi connectivity index (χ0v) is 13.5. The molecule has 0 aromatic carbocycles. The molecular formula is C15H21N3OS.